The van der Waals surface area contributed by atoms with Gasteiger partial charge in [-0.15, -0.1) is 0 Å². The van der Waals surface area contributed by atoms with Crippen LogP contribution in [0.3, 0.4) is 0 Å². The fourth-order valence-electron chi connectivity index (χ4n) is 3.21. The summed E-state index contributed by atoms with van der Waals surface area (Å²) in [5.41, 5.74) is 2.26. The van der Waals surface area contributed by atoms with Crippen molar-refractivity contribution >= 4 is 28.9 Å². The molecule has 0 atom stereocenters. The van der Waals surface area contributed by atoms with Crippen LogP contribution in [0.5, 0.6) is 5.75 Å². The highest BCUT2D eigenvalue weighted by atomic mass is 35.5. The summed E-state index contributed by atoms with van der Waals surface area (Å²) in [4.78, 5) is 14.9. The molecule has 5 heteroatoms. The van der Waals surface area contributed by atoms with E-state index in [4.69, 9.17) is 16.3 Å². The molecule has 2 aromatic carbocycles. The lowest BCUT2D eigenvalue weighted by molar-refractivity contribution is 0.102. The summed E-state index contributed by atoms with van der Waals surface area (Å²) >= 11 is 6.45. The number of nitrogens with zero attached hydrogens (tertiary/aromatic N) is 1. The van der Waals surface area contributed by atoms with Gasteiger partial charge >= 0.3 is 0 Å². The molecule has 0 unspecified atom stereocenters. The number of carbonyl (C=O) groups is 1. The van der Waals surface area contributed by atoms with Crippen LogP contribution in [-0.4, -0.2) is 25.1 Å². The Morgan fingerprint density at radius 3 is 2.42 bits per heavy atom. The molecule has 0 aliphatic carbocycles. The molecule has 26 heavy (non-hydrogen) atoms. The molecule has 1 aliphatic rings. The second-order valence-electron chi connectivity index (χ2n) is 6.83. The van der Waals surface area contributed by atoms with Gasteiger partial charge in [-0.2, -0.15) is 0 Å². The van der Waals surface area contributed by atoms with Gasteiger partial charge in [0.2, 0.25) is 0 Å². The third-order valence-corrected chi connectivity index (χ3v) is 4.70. The molecule has 138 valence electrons. The number of rotatable bonds is 5. The largest absolute Gasteiger partial charge is 0.491 e. The lowest BCUT2D eigenvalue weighted by Crippen LogP contribution is -2.30. The average molecular weight is 373 g/mol. The number of hydrogen-bond acceptors (Lipinski definition) is 3. The van der Waals surface area contributed by atoms with E-state index >= 15 is 0 Å². The Morgan fingerprint density at radius 1 is 1.08 bits per heavy atom. The Hall–Kier alpha value is -2.20. The van der Waals surface area contributed by atoms with Crippen molar-refractivity contribution in [2.24, 2.45) is 0 Å². The Labute approximate surface area is 160 Å². The standard InChI is InChI=1S/C21H25ClN2O2/c1-15(2)26-17-11-9-16(10-12-17)21(25)23-19-8-6-7-18(22)20(19)24-13-4-3-5-14-24/h6-12,15H,3-5,13-14H2,1-2H3,(H,23,25). The molecule has 2 aromatic rings. The zero-order valence-corrected chi connectivity index (χ0v) is 16.1. The first kappa shape index (κ1) is 18.6. The molecular formula is C21H25ClN2O2. The summed E-state index contributed by atoms with van der Waals surface area (Å²) in [6, 6.07) is 12.8. The molecule has 3 rings (SSSR count). The van der Waals surface area contributed by atoms with E-state index in [9.17, 15) is 4.79 Å². The van der Waals surface area contributed by atoms with Crippen molar-refractivity contribution in [3.63, 3.8) is 0 Å². The SMILES string of the molecule is CC(C)Oc1ccc(C(=O)Nc2cccc(Cl)c2N2CCCCC2)cc1. The van der Waals surface area contributed by atoms with Crippen LogP contribution in [0.25, 0.3) is 0 Å². The van der Waals surface area contributed by atoms with Gasteiger partial charge in [0.1, 0.15) is 5.75 Å². The van der Waals surface area contributed by atoms with Crippen molar-refractivity contribution in [2.75, 3.05) is 23.3 Å². The van der Waals surface area contributed by atoms with Crippen LogP contribution in [0.4, 0.5) is 11.4 Å². The molecule has 1 heterocycles. The fraction of sp³-hybridized carbons (Fsp3) is 0.381. The van der Waals surface area contributed by atoms with Crippen LogP contribution in [0.15, 0.2) is 42.5 Å². The molecule has 1 aliphatic heterocycles. The van der Waals surface area contributed by atoms with Crippen molar-refractivity contribution in [1.82, 2.24) is 0 Å². The van der Waals surface area contributed by atoms with Gasteiger partial charge < -0.3 is 15.0 Å². The average Bonchev–Trinajstić information content (AvgIpc) is 2.62. The van der Waals surface area contributed by atoms with E-state index in [0.717, 1.165) is 43.1 Å². The summed E-state index contributed by atoms with van der Waals surface area (Å²) in [5.74, 6) is 0.606. The molecule has 0 bridgehead atoms. The van der Waals surface area contributed by atoms with Crippen molar-refractivity contribution < 1.29 is 9.53 Å². The number of hydrogen-bond donors (Lipinski definition) is 1. The summed E-state index contributed by atoms with van der Waals surface area (Å²) in [6.45, 7) is 5.88. The zero-order chi connectivity index (χ0) is 18.5. The van der Waals surface area contributed by atoms with Crippen LogP contribution in [0.2, 0.25) is 5.02 Å². The van der Waals surface area contributed by atoms with E-state index in [-0.39, 0.29) is 12.0 Å². The minimum absolute atomic E-state index is 0.105. The molecule has 0 aromatic heterocycles. The molecular weight excluding hydrogens is 348 g/mol. The minimum Gasteiger partial charge on any atom is -0.491 e. The second-order valence-corrected chi connectivity index (χ2v) is 7.24. The number of piperidine rings is 1. The van der Waals surface area contributed by atoms with Crippen molar-refractivity contribution in [3.8, 4) is 5.75 Å². The molecule has 0 saturated carbocycles. The van der Waals surface area contributed by atoms with Crippen molar-refractivity contribution in [3.05, 3.63) is 53.1 Å². The van der Waals surface area contributed by atoms with Crippen LogP contribution < -0.4 is 15.0 Å². The molecule has 1 saturated heterocycles. The second kappa shape index (κ2) is 8.45. The Kier molecular flexibility index (Phi) is 6.04. The third kappa shape index (κ3) is 4.50. The minimum atomic E-state index is -0.151. The predicted octanol–water partition coefficient (Wildman–Crippen LogP) is 5.37. The highest BCUT2D eigenvalue weighted by molar-refractivity contribution is 6.34. The molecule has 1 N–H and O–H groups in total. The van der Waals surface area contributed by atoms with Crippen LogP contribution in [-0.2, 0) is 0 Å². The molecule has 0 spiro atoms. The predicted molar refractivity (Wildman–Crippen MR) is 108 cm³/mol. The zero-order valence-electron chi connectivity index (χ0n) is 15.3. The maximum absolute atomic E-state index is 12.7. The van der Waals surface area contributed by atoms with Crippen molar-refractivity contribution in [1.29, 1.82) is 0 Å². The number of benzene rings is 2. The molecule has 4 nitrogen and oxygen atoms in total. The van der Waals surface area contributed by atoms with E-state index in [1.165, 1.54) is 6.42 Å². The first-order valence-electron chi connectivity index (χ1n) is 9.16. The quantitative estimate of drug-likeness (QED) is 0.767. The number of para-hydroxylation sites is 1. The summed E-state index contributed by atoms with van der Waals surface area (Å²) in [6.07, 6.45) is 3.65. The number of anilines is 2. The van der Waals surface area contributed by atoms with Gasteiger partial charge in [-0.25, -0.2) is 0 Å². The van der Waals surface area contributed by atoms with Gasteiger partial charge in [0.25, 0.3) is 5.91 Å². The van der Waals surface area contributed by atoms with Crippen molar-refractivity contribution in [2.45, 2.75) is 39.2 Å². The maximum atomic E-state index is 12.7. The third-order valence-electron chi connectivity index (χ3n) is 4.40. The van der Waals surface area contributed by atoms with Gasteiger partial charge in [-0.1, -0.05) is 17.7 Å². The first-order chi connectivity index (χ1) is 12.5. The Bertz CT molecular complexity index is 753. The summed E-state index contributed by atoms with van der Waals surface area (Å²) in [7, 11) is 0. The highest BCUT2D eigenvalue weighted by Crippen LogP contribution is 2.35. The fourth-order valence-corrected chi connectivity index (χ4v) is 3.50. The maximum Gasteiger partial charge on any atom is 0.255 e. The van der Waals surface area contributed by atoms with Crippen LogP contribution >= 0.6 is 11.6 Å². The Morgan fingerprint density at radius 2 is 1.77 bits per heavy atom. The van der Waals surface area contributed by atoms with E-state index in [0.29, 0.717) is 10.6 Å². The number of carbonyl (C=O) groups excluding carboxylic acids is 1. The molecule has 1 fully saturated rings. The lowest BCUT2D eigenvalue weighted by Gasteiger charge is -2.31. The van der Waals surface area contributed by atoms with Crippen LogP contribution in [0, 0.1) is 0 Å². The number of nitrogens with one attached hydrogen (secondary N) is 1. The van der Waals surface area contributed by atoms with E-state index in [1.807, 2.05) is 44.2 Å². The van der Waals surface area contributed by atoms with E-state index < -0.39 is 0 Å². The number of amides is 1. The van der Waals surface area contributed by atoms with Gasteiger partial charge in [0.05, 0.1) is 22.5 Å². The lowest BCUT2D eigenvalue weighted by atomic mass is 10.1. The first-order valence-corrected chi connectivity index (χ1v) is 9.54. The summed E-state index contributed by atoms with van der Waals surface area (Å²) < 4.78 is 5.63. The smallest absolute Gasteiger partial charge is 0.255 e. The van der Waals surface area contributed by atoms with E-state index in [2.05, 4.69) is 10.2 Å². The van der Waals surface area contributed by atoms with Gasteiger partial charge in [-0.05, 0) is 69.5 Å². The van der Waals surface area contributed by atoms with E-state index in [1.54, 1.807) is 12.1 Å². The highest BCUT2D eigenvalue weighted by Gasteiger charge is 2.19. The van der Waals surface area contributed by atoms with Gasteiger partial charge in [0.15, 0.2) is 0 Å². The molecule has 0 radical (unpaired) electrons. The van der Waals surface area contributed by atoms with Gasteiger partial charge in [-0.3, -0.25) is 4.79 Å². The van der Waals surface area contributed by atoms with Gasteiger partial charge in [0, 0.05) is 18.7 Å². The number of ether oxygens (including phenoxy) is 1. The number of halogens is 1. The molecule has 1 amide bonds. The normalized spacial score (nSPS) is 14.4. The van der Waals surface area contributed by atoms with Crippen LogP contribution in [0.1, 0.15) is 43.5 Å². The summed E-state index contributed by atoms with van der Waals surface area (Å²) in [5, 5.41) is 3.69. The Balaban J connectivity index is 1.78. The topological polar surface area (TPSA) is 41.6 Å². The monoisotopic (exact) mass is 372 g/mol.